The Morgan fingerprint density at radius 1 is 1.22 bits per heavy atom. The Balaban J connectivity index is 2.09. The maximum absolute atomic E-state index is 13.6. The zero-order valence-electron chi connectivity index (χ0n) is 9.09. The van der Waals surface area contributed by atoms with Gasteiger partial charge in [-0.25, -0.2) is 4.39 Å². The third-order valence-corrected chi connectivity index (χ3v) is 2.47. The molecule has 0 spiro atoms. The van der Waals surface area contributed by atoms with Crippen LogP contribution in [0.3, 0.4) is 0 Å². The number of nitrogens with zero attached hydrogens (tertiary/aromatic N) is 2. The fourth-order valence-electron chi connectivity index (χ4n) is 1.63. The second-order valence-corrected chi connectivity index (χ2v) is 3.64. The van der Waals surface area contributed by atoms with Crippen LogP contribution in [0.2, 0.25) is 0 Å². The van der Waals surface area contributed by atoms with Gasteiger partial charge in [0, 0.05) is 6.20 Å². The molecule has 0 aliphatic rings. The van der Waals surface area contributed by atoms with Crippen molar-refractivity contribution < 1.29 is 14.0 Å². The average molecular weight is 245 g/mol. The average Bonchev–Trinajstić information content (AvgIpc) is 2.99. The van der Waals surface area contributed by atoms with Crippen LogP contribution >= 0.6 is 0 Å². The normalized spacial score (nSPS) is 10.7. The zero-order valence-corrected chi connectivity index (χ0v) is 9.09. The highest BCUT2D eigenvalue weighted by Crippen LogP contribution is 2.31. The molecule has 18 heavy (non-hydrogen) atoms. The minimum atomic E-state index is -0.614. The van der Waals surface area contributed by atoms with Gasteiger partial charge in [-0.05, 0) is 24.3 Å². The Labute approximate surface area is 101 Å². The van der Waals surface area contributed by atoms with Crippen molar-refractivity contribution >= 4 is 0 Å². The first-order valence-electron chi connectivity index (χ1n) is 5.21. The molecule has 2 N–H and O–H groups in total. The van der Waals surface area contributed by atoms with E-state index in [1.165, 1.54) is 18.2 Å². The molecule has 0 unspecified atom stereocenters. The Morgan fingerprint density at radius 2 is 2.11 bits per heavy atom. The smallest absolute Gasteiger partial charge is 0.265 e. The van der Waals surface area contributed by atoms with Crippen molar-refractivity contribution in [3.8, 4) is 28.7 Å². The molecule has 0 saturated carbocycles. The third kappa shape index (κ3) is 1.64. The fraction of sp³-hybridized carbons (Fsp3) is 0. The summed E-state index contributed by atoms with van der Waals surface area (Å²) in [6, 6.07) is 7.52. The minimum Gasteiger partial charge on any atom is -0.507 e. The van der Waals surface area contributed by atoms with Crippen molar-refractivity contribution in [2.75, 3.05) is 0 Å². The largest absolute Gasteiger partial charge is 0.507 e. The summed E-state index contributed by atoms with van der Waals surface area (Å²) in [5, 5.41) is 13.3. The monoisotopic (exact) mass is 245 g/mol. The molecule has 3 rings (SSSR count). The maximum atomic E-state index is 13.6. The van der Waals surface area contributed by atoms with Crippen molar-refractivity contribution in [1.82, 2.24) is 15.1 Å². The quantitative estimate of drug-likeness (QED) is 0.727. The predicted octanol–water partition coefficient (Wildman–Crippen LogP) is 2.58. The summed E-state index contributed by atoms with van der Waals surface area (Å²) >= 11 is 0. The zero-order chi connectivity index (χ0) is 12.5. The van der Waals surface area contributed by atoms with Gasteiger partial charge >= 0.3 is 0 Å². The second-order valence-electron chi connectivity index (χ2n) is 3.64. The molecule has 2 heterocycles. The van der Waals surface area contributed by atoms with Crippen LogP contribution in [0.25, 0.3) is 23.0 Å². The van der Waals surface area contributed by atoms with Crippen molar-refractivity contribution in [3.63, 3.8) is 0 Å². The number of aromatic amines is 1. The van der Waals surface area contributed by atoms with E-state index >= 15 is 0 Å². The van der Waals surface area contributed by atoms with E-state index in [4.69, 9.17) is 4.52 Å². The molecule has 0 radical (unpaired) electrons. The van der Waals surface area contributed by atoms with Crippen LogP contribution in [0.4, 0.5) is 4.39 Å². The third-order valence-electron chi connectivity index (χ3n) is 2.47. The number of hydrogen-bond acceptors (Lipinski definition) is 4. The van der Waals surface area contributed by atoms with E-state index in [2.05, 4.69) is 15.1 Å². The Kier molecular flexibility index (Phi) is 2.33. The minimum absolute atomic E-state index is 0.0600. The molecule has 1 aromatic carbocycles. The SMILES string of the molecule is Oc1cccc(F)c1-c1nc(-c2ccc[nH]2)no1. The number of phenolic OH excluding ortho intramolecular Hbond substituents is 1. The maximum Gasteiger partial charge on any atom is 0.265 e. The van der Waals surface area contributed by atoms with E-state index in [1.54, 1.807) is 18.3 Å². The summed E-state index contributed by atoms with van der Waals surface area (Å²) in [6.07, 6.45) is 1.71. The van der Waals surface area contributed by atoms with Crippen LogP contribution in [-0.2, 0) is 0 Å². The number of benzene rings is 1. The summed E-state index contributed by atoms with van der Waals surface area (Å²) in [5.74, 6) is -0.610. The van der Waals surface area contributed by atoms with Gasteiger partial charge in [0.2, 0.25) is 5.82 Å². The Bertz CT molecular complexity index is 656. The molecule has 0 atom stereocenters. The fourth-order valence-corrected chi connectivity index (χ4v) is 1.63. The Morgan fingerprint density at radius 3 is 2.83 bits per heavy atom. The van der Waals surface area contributed by atoms with Gasteiger partial charge in [-0.15, -0.1) is 0 Å². The molecular weight excluding hydrogens is 237 g/mol. The van der Waals surface area contributed by atoms with E-state index < -0.39 is 5.82 Å². The molecule has 5 nitrogen and oxygen atoms in total. The lowest BCUT2D eigenvalue weighted by Crippen LogP contribution is -1.85. The van der Waals surface area contributed by atoms with Gasteiger partial charge in [0.25, 0.3) is 5.89 Å². The van der Waals surface area contributed by atoms with Crippen LogP contribution in [0.15, 0.2) is 41.1 Å². The summed E-state index contributed by atoms with van der Waals surface area (Å²) in [6.45, 7) is 0. The highest BCUT2D eigenvalue weighted by atomic mass is 19.1. The van der Waals surface area contributed by atoms with E-state index in [-0.39, 0.29) is 17.2 Å². The number of phenols is 1. The van der Waals surface area contributed by atoms with Gasteiger partial charge in [-0.3, -0.25) is 0 Å². The number of rotatable bonds is 2. The number of aromatic nitrogens is 3. The number of aromatic hydroxyl groups is 1. The topological polar surface area (TPSA) is 74.9 Å². The molecule has 0 fully saturated rings. The van der Waals surface area contributed by atoms with Crippen LogP contribution in [0.5, 0.6) is 5.75 Å². The molecule has 90 valence electrons. The van der Waals surface area contributed by atoms with E-state index in [9.17, 15) is 9.50 Å². The molecule has 3 aromatic rings. The van der Waals surface area contributed by atoms with Crippen molar-refractivity contribution in [2.24, 2.45) is 0 Å². The van der Waals surface area contributed by atoms with Gasteiger partial charge in [0.15, 0.2) is 0 Å². The first-order valence-corrected chi connectivity index (χ1v) is 5.21. The van der Waals surface area contributed by atoms with Gasteiger partial charge in [-0.2, -0.15) is 4.98 Å². The van der Waals surface area contributed by atoms with Crippen LogP contribution in [0, 0.1) is 5.82 Å². The summed E-state index contributed by atoms with van der Waals surface area (Å²) in [5.41, 5.74) is 0.559. The Hall–Kier alpha value is -2.63. The molecule has 6 heteroatoms. The number of nitrogens with one attached hydrogen (secondary N) is 1. The predicted molar refractivity (Wildman–Crippen MR) is 61.1 cm³/mol. The standard InChI is InChI=1S/C12H8FN3O2/c13-7-3-1-5-9(17)10(7)12-15-11(16-18-12)8-4-2-6-14-8/h1-6,14,17H. The molecule has 2 aromatic heterocycles. The number of H-pyrrole nitrogens is 1. The lowest BCUT2D eigenvalue weighted by Gasteiger charge is -1.99. The van der Waals surface area contributed by atoms with E-state index in [1.807, 2.05) is 0 Å². The number of halogens is 1. The molecular formula is C12H8FN3O2. The lowest BCUT2D eigenvalue weighted by molar-refractivity contribution is 0.421. The van der Waals surface area contributed by atoms with Crippen LogP contribution in [-0.4, -0.2) is 20.2 Å². The van der Waals surface area contributed by atoms with Crippen LogP contribution in [0.1, 0.15) is 0 Å². The first kappa shape index (κ1) is 10.5. The van der Waals surface area contributed by atoms with Gasteiger partial charge in [-0.1, -0.05) is 11.2 Å². The van der Waals surface area contributed by atoms with Gasteiger partial charge in [0.1, 0.15) is 17.1 Å². The molecule has 0 saturated heterocycles. The van der Waals surface area contributed by atoms with E-state index in [0.29, 0.717) is 11.5 Å². The molecule has 0 amide bonds. The van der Waals surface area contributed by atoms with Gasteiger partial charge < -0.3 is 14.6 Å². The second kappa shape index (κ2) is 3.99. The van der Waals surface area contributed by atoms with Crippen LogP contribution < -0.4 is 0 Å². The molecule has 0 bridgehead atoms. The summed E-state index contributed by atoms with van der Waals surface area (Å²) in [4.78, 5) is 6.94. The number of hydrogen-bond donors (Lipinski definition) is 2. The van der Waals surface area contributed by atoms with E-state index in [0.717, 1.165) is 0 Å². The first-order chi connectivity index (χ1) is 8.75. The highest BCUT2D eigenvalue weighted by molar-refractivity contribution is 5.64. The van der Waals surface area contributed by atoms with Crippen molar-refractivity contribution in [2.45, 2.75) is 0 Å². The van der Waals surface area contributed by atoms with Crippen molar-refractivity contribution in [1.29, 1.82) is 0 Å². The highest BCUT2D eigenvalue weighted by Gasteiger charge is 2.18. The van der Waals surface area contributed by atoms with Crippen molar-refractivity contribution in [3.05, 3.63) is 42.3 Å². The van der Waals surface area contributed by atoms with Gasteiger partial charge in [0.05, 0.1) is 5.69 Å². The molecule has 0 aliphatic heterocycles. The lowest BCUT2D eigenvalue weighted by atomic mass is 10.2. The summed E-state index contributed by atoms with van der Waals surface area (Å²) < 4.78 is 18.5. The summed E-state index contributed by atoms with van der Waals surface area (Å²) in [7, 11) is 0. The molecule has 0 aliphatic carbocycles.